The van der Waals surface area contributed by atoms with Crippen LogP contribution in [0.2, 0.25) is 0 Å². The second kappa shape index (κ2) is 12.7. The van der Waals surface area contributed by atoms with Crippen molar-refractivity contribution >= 4 is 23.7 Å². The number of allylic oxidation sites excluding steroid dienone is 1. The summed E-state index contributed by atoms with van der Waals surface area (Å²) in [6.07, 6.45) is 6.78. The highest BCUT2D eigenvalue weighted by molar-refractivity contribution is 5.99. The molecule has 0 unspecified atom stereocenters. The molecule has 10 nitrogen and oxygen atoms in total. The minimum Gasteiger partial charge on any atom is -0.455 e. The first-order valence-electron chi connectivity index (χ1n) is 16.2. The molecule has 45 heavy (non-hydrogen) atoms. The van der Waals surface area contributed by atoms with E-state index in [0.29, 0.717) is 24.9 Å². The van der Waals surface area contributed by atoms with Crippen LogP contribution >= 0.6 is 0 Å². The zero-order valence-electron chi connectivity index (χ0n) is 27.1. The van der Waals surface area contributed by atoms with Crippen LogP contribution in [0.4, 0.5) is 0 Å². The van der Waals surface area contributed by atoms with Gasteiger partial charge in [-0.05, 0) is 45.6 Å². The van der Waals surface area contributed by atoms with Crippen LogP contribution in [0.3, 0.4) is 0 Å². The summed E-state index contributed by atoms with van der Waals surface area (Å²) in [6.45, 7) is 11.5. The number of hydrogen-bond acceptors (Lipinski definition) is 7. The van der Waals surface area contributed by atoms with Gasteiger partial charge in [-0.1, -0.05) is 74.9 Å². The molecule has 0 aliphatic carbocycles. The fourth-order valence-corrected chi connectivity index (χ4v) is 7.42. The van der Waals surface area contributed by atoms with Crippen molar-refractivity contribution in [3.05, 3.63) is 60.2 Å². The number of nitrogens with zero attached hydrogens (tertiary/aromatic N) is 2. The molecule has 0 saturated carbocycles. The lowest BCUT2D eigenvalue weighted by molar-refractivity contribution is -0.163. The third-order valence-corrected chi connectivity index (χ3v) is 9.94. The number of esters is 1. The monoisotopic (exact) mass is 621 g/mol. The summed E-state index contributed by atoms with van der Waals surface area (Å²) in [5, 5.41) is 13.6. The number of fused-ring (bicyclic) bond motifs is 2. The number of amides is 3. The first-order valence-corrected chi connectivity index (χ1v) is 16.2. The van der Waals surface area contributed by atoms with Gasteiger partial charge in [0.1, 0.15) is 23.7 Å². The molecule has 4 heterocycles. The van der Waals surface area contributed by atoms with Gasteiger partial charge in [0, 0.05) is 18.5 Å². The summed E-state index contributed by atoms with van der Waals surface area (Å²) in [4.78, 5) is 59.7. The molecule has 3 amide bonds. The first kappa shape index (κ1) is 32.9. The average molecular weight is 622 g/mol. The van der Waals surface area contributed by atoms with Crippen molar-refractivity contribution in [3.63, 3.8) is 0 Å². The van der Waals surface area contributed by atoms with E-state index >= 15 is 0 Å². The van der Waals surface area contributed by atoms with E-state index in [1.807, 2.05) is 71.0 Å². The molecule has 1 spiro atoms. The van der Waals surface area contributed by atoms with E-state index in [9.17, 15) is 24.3 Å². The maximum absolute atomic E-state index is 14.8. The van der Waals surface area contributed by atoms with Crippen LogP contribution in [-0.2, 0) is 28.7 Å². The zero-order valence-corrected chi connectivity index (χ0v) is 27.1. The van der Waals surface area contributed by atoms with E-state index in [0.717, 1.165) is 0 Å². The molecule has 0 aromatic heterocycles. The molecule has 4 aliphatic rings. The highest BCUT2D eigenvalue weighted by Crippen LogP contribution is 2.54. The topological polar surface area (TPSA) is 125 Å². The standard InChI is InChI=1S/C35H47N3O7/c1-7-21(2)24(20-39)38-30-32(42)37(34(4,5)6)19-13-18-35(30)28(31(38)41)27-25(45-35)16-11-12-17-26(40)36-22(3)29(44-33(27)43)23-14-9-8-10-15-23/h8-11,13-16,18,21-22,24-25,27-30,39H,7,12,17,19-20H2,1-6H3,(H,36,40)/b16-11-/t21-,22+,24-,25+,27-,28-,29-,30+,35-/m0/s1. The number of aliphatic hydroxyl groups excluding tert-OH is 1. The van der Waals surface area contributed by atoms with Crippen LogP contribution < -0.4 is 5.32 Å². The number of hydrogen-bond donors (Lipinski definition) is 2. The van der Waals surface area contributed by atoms with Gasteiger partial charge in [0.2, 0.25) is 17.7 Å². The summed E-state index contributed by atoms with van der Waals surface area (Å²) in [6, 6.07) is 6.91. The molecule has 0 radical (unpaired) electrons. The number of rotatable bonds is 5. The first-order chi connectivity index (χ1) is 21.4. The molecule has 4 aliphatic heterocycles. The van der Waals surface area contributed by atoms with Crippen LogP contribution in [0.25, 0.3) is 0 Å². The molecule has 2 saturated heterocycles. The lowest BCUT2D eigenvalue weighted by Crippen LogP contribution is -2.61. The van der Waals surface area contributed by atoms with Crippen LogP contribution in [0.15, 0.2) is 54.6 Å². The van der Waals surface area contributed by atoms with Gasteiger partial charge in [-0.2, -0.15) is 0 Å². The van der Waals surface area contributed by atoms with Crippen molar-refractivity contribution in [2.75, 3.05) is 13.2 Å². The number of aliphatic hydroxyl groups is 1. The maximum atomic E-state index is 14.8. The Morgan fingerprint density at radius 3 is 2.44 bits per heavy atom. The zero-order chi connectivity index (χ0) is 32.7. The van der Waals surface area contributed by atoms with Gasteiger partial charge < -0.3 is 29.7 Å². The molecule has 9 atom stereocenters. The highest BCUT2D eigenvalue weighted by Gasteiger charge is 2.73. The van der Waals surface area contributed by atoms with Crippen LogP contribution in [0.5, 0.6) is 0 Å². The molecule has 10 heteroatoms. The lowest BCUT2D eigenvalue weighted by Gasteiger charge is -2.43. The molecule has 1 aromatic carbocycles. The number of ether oxygens (including phenoxy) is 2. The number of carbonyl (C=O) groups excluding carboxylic acids is 4. The molecular weight excluding hydrogens is 574 g/mol. The number of likely N-dealkylation sites (tertiary alicyclic amines) is 1. The quantitative estimate of drug-likeness (QED) is 0.382. The lowest BCUT2D eigenvalue weighted by atomic mass is 9.77. The van der Waals surface area contributed by atoms with Crippen molar-refractivity contribution in [2.24, 2.45) is 17.8 Å². The van der Waals surface area contributed by atoms with Crippen molar-refractivity contribution in [2.45, 2.75) is 102 Å². The van der Waals surface area contributed by atoms with Crippen molar-refractivity contribution in [3.8, 4) is 0 Å². The molecule has 1 aromatic rings. The number of cyclic esters (lactones) is 1. The number of benzene rings is 1. The second-order valence-corrected chi connectivity index (χ2v) is 13.8. The summed E-state index contributed by atoms with van der Waals surface area (Å²) in [7, 11) is 0. The summed E-state index contributed by atoms with van der Waals surface area (Å²) < 4.78 is 13.0. The van der Waals surface area contributed by atoms with Gasteiger partial charge in [-0.3, -0.25) is 19.2 Å². The van der Waals surface area contributed by atoms with Crippen LogP contribution in [-0.4, -0.2) is 87.1 Å². The van der Waals surface area contributed by atoms with Gasteiger partial charge in [-0.25, -0.2) is 0 Å². The Morgan fingerprint density at radius 2 is 1.80 bits per heavy atom. The Bertz CT molecular complexity index is 1350. The van der Waals surface area contributed by atoms with E-state index in [1.165, 1.54) is 4.90 Å². The summed E-state index contributed by atoms with van der Waals surface area (Å²) >= 11 is 0. The summed E-state index contributed by atoms with van der Waals surface area (Å²) in [5.41, 5.74) is -1.32. The maximum Gasteiger partial charge on any atom is 0.313 e. The predicted octanol–water partition coefficient (Wildman–Crippen LogP) is 3.31. The van der Waals surface area contributed by atoms with E-state index in [2.05, 4.69) is 5.32 Å². The SMILES string of the molecule is CC[C@H](C)[C@H](CO)N1C(=O)[C@@H]2[C@H]3C(=O)O[C@H](c4ccccc4)[C@@H](C)NC(=O)CC/C=C\[C@H]3O[C@@]23C=CCN(C(C)(C)C)C(=O)[C@@H]13. The van der Waals surface area contributed by atoms with Gasteiger partial charge in [0.05, 0.1) is 30.7 Å². The Morgan fingerprint density at radius 1 is 1.09 bits per heavy atom. The van der Waals surface area contributed by atoms with Gasteiger partial charge >= 0.3 is 5.97 Å². The van der Waals surface area contributed by atoms with Crippen LogP contribution in [0.1, 0.15) is 72.5 Å². The highest BCUT2D eigenvalue weighted by atomic mass is 16.6. The van der Waals surface area contributed by atoms with E-state index in [-0.39, 0.29) is 30.8 Å². The van der Waals surface area contributed by atoms with E-state index in [4.69, 9.17) is 9.47 Å². The third-order valence-electron chi connectivity index (χ3n) is 9.94. The van der Waals surface area contributed by atoms with Crippen molar-refractivity contribution < 1.29 is 33.8 Å². The number of carbonyl (C=O) groups is 4. The van der Waals surface area contributed by atoms with Gasteiger partial charge in [-0.15, -0.1) is 0 Å². The van der Waals surface area contributed by atoms with Gasteiger partial charge in [0.25, 0.3) is 0 Å². The fraction of sp³-hybridized carbons (Fsp3) is 0.600. The number of nitrogens with one attached hydrogen (secondary N) is 1. The van der Waals surface area contributed by atoms with Crippen molar-refractivity contribution in [1.29, 1.82) is 0 Å². The fourth-order valence-electron chi connectivity index (χ4n) is 7.42. The molecule has 2 fully saturated rings. The van der Waals surface area contributed by atoms with E-state index in [1.54, 1.807) is 30.1 Å². The largest absolute Gasteiger partial charge is 0.455 e. The summed E-state index contributed by atoms with van der Waals surface area (Å²) in [5.74, 6) is -3.76. The minimum absolute atomic E-state index is 0.121. The molecule has 0 bridgehead atoms. The predicted molar refractivity (Wildman–Crippen MR) is 167 cm³/mol. The average Bonchev–Trinajstić information content (AvgIpc) is 3.38. The Hall–Kier alpha value is -3.50. The third kappa shape index (κ3) is 5.83. The van der Waals surface area contributed by atoms with Crippen LogP contribution in [0, 0.1) is 17.8 Å². The molecular formula is C35H47N3O7. The Balaban J connectivity index is 1.65. The minimum atomic E-state index is -1.46. The normalized spacial score (nSPS) is 34.4. The Labute approximate surface area is 265 Å². The molecule has 5 rings (SSSR count). The molecule has 244 valence electrons. The van der Waals surface area contributed by atoms with Crippen molar-refractivity contribution in [1.82, 2.24) is 15.1 Å². The Kier molecular flexibility index (Phi) is 9.29. The van der Waals surface area contributed by atoms with E-state index < -0.39 is 65.2 Å². The smallest absolute Gasteiger partial charge is 0.313 e. The second-order valence-electron chi connectivity index (χ2n) is 13.8. The molecule has 2 N–H and O–H groups in total. The van der Waals surface area contributed by atoms with Gasteiger partial charge in [0.15, 0.2) is 0 Å².